The lowest BCUT2D eigenvalue weighted by atomic mass is 9.97. The van der Waals surface area contributed by atoms with Gasteiger partial charge < -0.3 is 59.6 Å². The van der Waals surface area contributed by atoms with Crippen molar-refractivity contribution in [2.75, 3.05) is 26.2 Å². The number of amides is 5. The first-order valence-corrected chi connectivity index (χ1v) is 15.5. The highest BCUT2D eigenvalue weighted by Gasteiger charge is 2.31. The third-order valence-corrected chi connectivity index (χ3v) is 7.19. The van der Waals surface area contributed by atoms with Crippen molar-refractivity contribution in [1.29, 1.82) is 0 Å². The zero-order valence-electron chi connectivity index (χ0n) is 26.9. The van der Waals surface area contributed by atoms with Crippen molar-refractivity contribution >= 4 is 41.5 Å². The number of aromatic amines is 1. The van der Waals surface area contributed by atoms with E-state index in [9.17, 15) is 33.9 Å². The number of nitrogens with one attached hydrogen (secondary N) is 6. The monoisotopic (exact) mass is 666 g/mol. The Morgan fingerprint density at radius 3 is 2.15 bits per heavy atom. The molecule has 1 aromatic heterocycles. The first-order chi connectivity index (χ1) is 22.3. The summed E-state index contributed by atoms with van der Waals surface area (Å²) >= 11 is 0. The summed E-state index contributed by atoms with van der Waals surface area (Å²) in [6.45, 7) is 3.27. The zero-order chi connectivity index (χ0) is 35.4. The topological polar surface area (TPSA) is 328 Å². The van der Waals surface area contributed by atoms with Crippen molar-refractivity contribution in [3.8, 4) is 0 Å². The number of hydrogen-bond donors (Lipinski definition) is 11. The number of nitrogens with two attached hydrogens (primary N) is 4. The van der Waals surface area contributed by atoms with Crippen LogP contribution in [0.4, 0.5) is 0 Å². The molecule has 5 atom stereocenters. The van der Waals surface area contributed by atoms with E-state index in [2.05, 4.69) is 41.5 Å². The van der Waals surface area contributed by atoms with Crippen LogP contribution in [0.3, 0.4) is 0 Å². The SMILES string of the molecule is CCC(C)C(NC(=O)CN)C(=O)NC(CCCCN)C(=O)NCC(=O)NC(Cc1cnc[nH]1)C(=O)NC(CCCN=C(N)N)C(=O)O. The first-order valence-electron chi connectivity index (χ1n) is 15.5. The van der Waals surface area contributed by atoms with Crippen molar-refractivity contribution in [3.63, 3.8) is 0 Å². The molecule has 0 aliphatic carbocycles. The van der Waals surface area contributed by atoms with Gasteiger partial charge in [0.25, 0.3) is 0 Å². The maximum atomic E-state index is 13.2. The van der Waals surface area contributed by atoms with E-state index >= 15 is 0 Å². The average Bonchev–Trinajstić information content (AvgIpc) is 3.55. The Morgan fingerprint density at radius 2 is 1.57 bits per heavy atom. The van der Waals surface area contributed by atoms with Crippen LogP contribution in [0, 0.1) is 5.92 Å². The average molecular weight is 667 g/mol. The van der Waals surface area contributed by atoms with Gasteiger partial charge in [-0.3, -0.25) is 29.0 Å². The Bertz CT molecular complexity index is 1190. The van der Waals surface area contributed by atoms with E-state index in [1.165, 1.54) is 12.5 Å². The molecule has 0 aromatic carbocycles. The fraction of sp³-hybridized carbons (Fsp3) is 0.643. The van der Waals surface area contributed by atoms with Gasteiger partial charge in [0.05, 0.1) is 19.4 Å². The zero-order valence-corrected chi connectivity index (χ0v) is 26.9. The van der Waals surface area contributed by atoms with Crippen LogP contribution < -0.4 is 49.5 Å². The van der Waals surface area contributed by atoms with E-state index in [0.717, 1.165) is 0 Å². The third kappa shape index (κ3) is 15.9. The van der Waals surface area contributed by atoms with Crippen LogP contribution in [0.15, 0.2) is 17.5 Å². The largest absolute Gasteiger partial charge is 0.480 e. The fourth-order valence-corrected chi connectivity index (χ4v) is 4.35. The number of carboxylic acid groups (broad SMARTS) is 1. The van der Waals surface area contributed by atoms with Crippen LogP contribution in [0.2, 0.25) is 0 Å². The highest BCUT2D eigenvalue weighted by atomic mass is 16.4. The van der Waals surface area contributed by atoms with E-state index in [0.29, 0.717) is 31.5 Å². The van der Waals surface area contributed by atoms with Gasteiger partial charge >= 0.3 is 5.97 Å². The first kappa shape index (κ1) is 40.2. The number of imidazole rings is 1. The Hall–Kier alpha value is -4.78. The predicted molar refractivity (Wildman–Crippen MR) is 172 cm³/mol. The molecule has 15 N–H and O–H groups in total. The van der Waals surface area contributed by atoms with E-state index in [1.54, 1.807) is 6.92 Å². The third-order valence-electron chi connectivity index (χ3n) is 7.19. The van der Waals surface area contributed by atoms with E-state index in [1.807, 2.05) is 6.92 Å². The molecule has 5 unspecified atom stereocenters. The molecule has 5 amide bonds. The standard InChI is InChI=1S/C28H50N12O7/c1-3-16(2)23(40-21(41)12-30)26(45)38-18(7-4-5-9-29)24(43)35-14-22(42)37-20(11-17-13-33-15-36-17)25(44)39-19(27(46)47)8-6-10-34-28(31)32/h13,15-16,18-20,23H,3-12,14,29-30H2,1-2H3,(H,33,36)(H,35,43)(H,37,42)(H,38,45)(H,39,44)(H,40,41)(H,46,47)(H4,31,32,34). The second-order valence-corrected chi connectivity index (χ2v) is 10.9. The van der Waals surface area contributed by atoms with Crippen LogP contribution in [0.1, 0.15) is 58.1 Å². The van der Waals surface area contributed by atoms with Gasteiger partial charge in [-0.05, 0) is 44.6 Å². The van der Waals surface area contributed by atoms with Crippen LogP contribution >= 0.6 is 0 Å². The summed E-state index contributed by atoms with van der Waals surface area (Å²) in [5.74, 6) is -5.01. The molecule has 0 radical (unpaired) electrons. The minimum atomic E-state index is -1.29. The summed E-state index contributed by atoms with van der Waals surface area (Å²) in [4.78, 5) is 86.6. The second kappa shape index (κ2) is 21.9. The Balaban J connectivity index is 2.97. The number of carbonyl (C=O) groups excluding carboxylic acids is 5. The Labute approximate surface area is 273 Å². The number of aromatic nitrogens is 2. The molecule has 0 bridgehead atoms. The lowest BCUT2D eigenvalue weighted by molar-refractivity contribution is -0.142. The molecular formula is C28H50N12O7. The minimum absolute atomic E-state index is 0.0176. The number of carboxylic acids is 1. The molecule has 0 aliphatic heterocycles. The minimum Gasteiger partial charge on any atom is -0.480 e. The highest BCUT2D eigenvalue weighted by molar-refractivity contribution is 5.95. The van der Waals surface area contributed by atoms with E-state index in [4.69, 9.17) is 22.9 Å². The molecule has 0 spiro atoms. The van der Waals surface area contributed by atoms with Crippen LogP contribution in [-0.2, 0) is 35.2 Å². The number of hydrogen-bond acceptors (Lipinski definition) is 10. The van der Waals surface area contributed by atoms with Crippen LogP contribution in [-0.4, -0.2) is 107 Å². The van der Waals surface area contributed by atoms with Crippen LogP contribution in [0.5, 0.6) is 0 Å². The fourth-order valence-electron chi connectivity index (χ4n) is 4.35. The molecule has 0 aliphatic rings. The van der Waals surface area contributed by atoms with E-state index in [-0.39, 0.29) is 50.7 Å². The number of carbonyl (C=O) groups is 6. The number of unbranched alkanes of at least 4 members (excludes halogenated alkanes) is 1. The van der Waals surface area contributed by atoms with Gasteiger partial charge in [0.15, 0.2) is 5.96 Å². The van der Waals surface area contributed by atoms with Crippen molar-refractivity contribution in [1.82, 2.24) is 36.6 Å². The van der Waals surface area contributed by atoms with Gasteiger partial charge in [-0.25, -0.2) is 9.78 Å². The molecule has 19 heteroatoms. The number of aliphatic imine (C=N–C) groups is 1. The van der Waals surface area contributed by atoms with Gasteiger partial charge in [0.2, 0.25) is 29.5 Å². The number of nitrogens with zero attached hydrogens (tertiary/aromatic N) is 2. The van der Waals surface area contributed by atoms with Crippen LogP contribution in [0.25, 0.3) is 0 Å². The number of aliphatic carboxylic acids is 1. The molecule has 1 heterocycles. The van der Waals surface area contributed by atoms with Crippen molar-refractivity contribution in [2.45, 2.75) is 83.0 Å². The summed E-state index contributed by atoms with van der Waals surface area (Å²) in [5, 5.41) is 22.2. The summed E-state index contributed by atoms with van der Waals surface area (Å²) in [7, 11) is 0. The maximum Gasteiger partial charge on any atom is 0.326 e. The molecule has 0 saturated heterocycles. The van der Waals surface area contributed by atoms with E-state index < -0.39 is 66.2 Å². The van der Waals surface area contributed by atoms with Gasteiger partial charge in [0.1, 0.15) is 24.2 Å². The molecule has 264 valence electrons. The van der Waals surface area contributed by atoms with Crippen molar-refractivity contribution in [3.05, 3.63) is 18.2 Å². The molecule has 19 nitrogen and oxygen atoms in total. The maximum absolute atomic E-state index is 13.2. The van der Waals surface area contributed by atoms with Gasteiger partial charge in [0, 0.05) is 24.9 Å². The van der Waals surface area contributed by atoms with Crippen molar-refractivity contribution < 1.29 is 33.9 Å². The smallest absolute Gasteiger partial charge is 0.326 e. The molecule has 0 fully saturated rings. The summed E-state index contributed by atoms with van der Waals surface area (Å²) < 4.78 is 0. The Morgan fingerprint density at radius 1 is 0.894 bits per heavy atom. The number of rotatable bonds is 23. The summed E-state index contributed by atoms with van der Waals surface area (Å²) in [5.41, 5.74) is 22.0. The van der Waals surface area contributed by atoms with Gasteiger partial charge in [-0.15, -0.1) is 0 Å². The number of H-pyrrole nitrogens is 1. The molecule has 1 rings (SSSR count). The van der Waals surface area contributed by atoms with Gasteiger partial charge in [-0.1, -0.05) is 20.3 Å². The summed E-state index contributed by atoms with van der Waals surface area (Å²) in [6, 6.07) is -4.51. The lowest BCUT2D eigenvalue weighted by Gasteiger charge is -2.26. The second-order valence-electron chi connectivity index (χ2n) is 10.9. The molecule has 0 saturated carbocycles. The normalized spacial score (nSPS) is 14.0. The summed E-state index contributed by atoms with van der Waals surface area (Å²) in [6.07, 6.45) is 4.88. The van der Waals surface area contributed by atoms with Crippen molar-refractivity contribution in [2.24, 2.45) is 33.8 Å². The lowest BCUT2D eigenvalue weighted by Crippen LogP contribution is -2.57. The Kier molecular flexibility index (Phi) is 18.7. The highest BCUT2D eigenvalue weighted by Crippen LogP contribution is 2.10. The predicted octanol–water partition coefficient (Wildman–Crippen LogP) is -3.72. The quantitative estimate of drug-likeness (QED) is 0.0305. The number of guanidine groups is 1. The molecule has 1 aromatic rings. The molecular weight excluding hydrogens is 616 g/mol. The molecule has 47 heavy (non-hydrogen) atoms. The van der Waals surface area contributed by atoms with Gasteiger partial charge in [-0.2, -0.15) is 0 Å².